The number of hydrogen-bond acceptors (Lipinski definition) is 5. The number of ether oxygens (including phenoxy) is 1. The summed E-state index contributed by atoms with van der Waals surface area (Å²) in [4.78, 5) is 17.3. The van der Waals surface area contributed by atoms with Crippen molar-refractivity contribution in [1.29, 1.82) is 0 Å². The maximum Gasteiger partial charge on any atom is 0.271 e. The van der Waals surface area contributed by atoms with Crippen LogP contribution in [0.5, 0.6) is 5.88 Å². The lowest BCUT2D eigenvalue weighted by Gasteiger charge is -1.99. The number of rotatable bonds is 4. The highest BCUT2D eigenvalue weighted by atomic mass is 32.1. The number of amides is 1. The number of aromatic nitrogens is 3. The second-order valence-electron chi connectivity index (χ2n) is 4.07. The number of carbonyl (C=O) groups excluding carboxylic acids is 1. The Labute approximate surface area is 119 Å². The molecule has 7 heteroatoms. The van der Waals surface area contributed by atoms with E-state index < -0.39 is 0 Å². The third-order valence-electron chi connectivity index (χ3n) is 2.74. The molecule has 6 nitrogen and oxygen atoms in total. The van der Waals surface area contributed by atoms with Gasteiger partial charge < -0.3 is 10.1 Å². The zero-order valence-electron chi connectivity index (χ0n) is 10.7. The van der Waals surface area contributed by atoms with Crippen LogP contribution in [0.1, 0.15) is 15.4 Å². The number of methoxy groups -OCH3 is 1. The van der Waals surface area contributed by atoms with Crippen LogP contribution in [-0.2, 0) is 6.54 Å². The summed E-state index contributed by atoms with van der Waals surface area (Å²) in [5, 5.41) is 8.96. The van der Waals surface area contributed by atoms with E-state index in [1.165, 1.54) is 4.52 Å². The van der Waals surface area contributed by atoms with Crippen molar-refractivity contribution in [3.05, 3.63) is 46.4 Å². The summed E-state index contributed by atoms with van der Waals surface area (Å²) in [6.07, 6.45) is 1.58. The van der Waals surface area contributed by atoms with Gasteiger partial charge in [0.2, 0.25) is 5.88 Å². The van der Waals surface area contributed by atoms with Crippen LogP contribution in [0.15, 0.2) is 35.8 Å². The van der Waals surface area contributed by atoms with E-state index in [9.17, 15) is 4.79 Å². The van der Waals surface area contributed by atoms with Gasteiger partial charge in [-0.3, -0.25) is 4.79 Å². The maximum atomic E-state index is 12.0. The van der Waals surface area contributed by atoms with Crippen LogP contribution in [-0.4, -0.2) is 27.6 Å². The van der Waals surface area contributed by atoms with Crippen molar-refractivity contribution in [3.63, 3.8) is 0 Å². The van der Waals surface area contributed by atoms with Crippen LogP contribution in [0.25, 0.3) is 5.65 Å². The third-order valence-corrected chi connectivity index (χ3v) is 3.62. The fourth-order valence-electron chi connectivity index (χ4n) is 1.75. The van der Waals surface area contributed by atoms with E-state index in [1.807, 2.05) is 17.5 Å². The smallest absolute Gasteiger partial charge is 0.271 e. The highest BCUT2D eigenvalue weighted by molar-refractivity contribution is 7.09. The standard InChI is InChI=1S/C13H12N4O2S/c1-19-12-5-4-11-15-10(8-17(11)16-12)13(18)14-7-9-3-2-6-20-9/h2-6,8H,7H2,1H3,(H,14,18). The molecular weight excluding hydrogens is 276 g/mol. The molecule has 3 aromatic heterocycles. The highest BCUT2D eigenvalue weighted by Crippen LogP contribution is 2.10. The molecule has 3 aromatic rings. The summed E-state index contributed by atoms with van der Waals surface area (Å²) < 4.78 is 6.56. The summed E-state index contributed by atoms with van der Waals surface area (Å²) in [6.45, 7) is 0.501. The molecule has 0 radical (unpaired) electrons. The molecule has 0 aliphatic heterocycles. The Morgan fingerprint density at radius 1 is 1.45 bits per heavy atom. The van der Waals surface area contributed by atoms with Crippen molar-refractivity contribution in [2.45, 2.75) is 6.54 Å². The quantitative estimate of drug-likeness (QED) is 0.794. The van der Waals surface area contributed by atoms with Gasteiger partial charge in [-0.25, -0.2) is 9.50 Å². The number of nitrogens with zero attached hydrogens (tertiary/aromatic N) is 3. The second kappa shape index (κ2) is 5.30. The molecule has 0 spiro atoms. The third kappa shape index (κ3) is 2.48. The van der Waals surface area contributed by atoms with Gasteiger partial charge in [-0.05, 0) is 17.5 Å². The maximum absolute atomic E-state index is 12.0. The first-order chi connectivity index (χ1) is 9.76. The molecular formula is C13H12N4O2S. The number of carbonyl (C=O) groups is 1. The normalized spacial score (nSPS) is 10.7. The molecule has 3 heterocycles. The molecule has 0 atom stereocenters. The molecule has 0 aliphatic rings. The van der Waals surface area contributed by atoms with Gasteiger partial charge in [0.25, 0.3) is 5.91 Å². The average Bonchev–Trinajstić information content (AvgIpc) is 3.12. The van der Waals surface area contributed by atoms with E-state index in [0.29, 0.717) is 23.8 Å². The first kappa shape index (κ1) is 12.6. The lowest BCUT2D eigenvalue weighted by atomic mass is 10.4. The van der Waals surface area contributed by atoms with E-state index in [1.54, 1.807) is 36.8 Å². The molecule has 0 fully saturated rings. The summed E-state index contributed by atoms with van der Waals surface area (Å²) in [7, 11) is 1.54. The van der Waals surface area contributed by atoms with Gasteiger partial charge in [0, 0.05) is 10.9 Å². The largest absolute Gasteiger partial charge is 0.480 e. The molecule has 0 saturated carbocycles. The van der Waals surface area contributed by atoms with E-state index in [4.69, 9.17) is 4.74 Å². The number of nitrogens with one attached hydrogen (secondary N) is 1. The Balaban J connectivity index is 1.77. The van der Waals surface area contributed by atoms with Crippen LogP contribution in [0.2, 0.25) is 0 Å². The van der Waals surface area contributed by atoms with E-state index in [-0.39, 0.29) is 5.91 Å². The molecule has 1 N–H and O–H groups in total. The SMILES string of the molecule is COc1ccc2nc(C(=O)NCc3cccs3)cn2n1. The van der Waals surface area contributed by atoms with Crippen LogP contribution in [0.3, 0.4) is 0 Å². The van der Waals surface area contributed by atoms with Gasteiger partial charge in [-0.2, -0.15) is 0 Å². The molecule has 0 bridgehead atoms. The predicted molar refractivity (Wildman–Crippen MR) is 75.0 cm³/mol. The monoisotopic (exact) mass is 288 g/mol. The fraction of sp³-hybridized carbons (Fsp3) is 0.154. The Morgan fingerprint density at radius 3 is 3.10 bits per heavy atom. The van der Waals surface area contributed by atoms with Crippen molar-refractivity contribution >= 4 is 22.9 Å². The van der Waals surface area contributed by atoms with Gasteiger partial charge in [0.1, 0.15) is 5.69 Å². The molecule has 0 aliphatic carbocycles. The lowest BCUT2D eigenvalue weighted by Crippen LogP contribution is -2.22. The molecule has 0 aromatic carbocycles. The first-order valence-corrected chi connectivity index (χ1v) is 6.85. The van der Waals surface area contributed by atoms with E-state index >= 15 is 0 Å². The zero-order valence-corrected chi connectivity index (χ0v) is 11.6. The summed E-state index contributed by atoms with van der Waals surface area (Å²) in [5.41, 5.74) is 0.939. The van der Waals surface area contributed by atoms with Crippen LogP contribution in [0.4, 0.5) is 0 Å². The van der Waals surface area contributed by atoms with Gasteiger partial charge >= 0.3 is 0 Å². The van der Waals surface area contributed by atoms with Gasteiger partial charge in [0.05, 0.1) is 19.9 Å². The van der Waals surface area contributed by atoms with Gasteiger partial charge in [-0.1, -0.05) is 6.07 Å². The van der Waals surface area contributed by atoms with E-state index in [2.05, 4.69) is 15.4 Å². The van der Waals surface area contributed by atoms with Crippen molar-refractivity contribution in [1.82, 2.24) is 19.9 Å². The Kier molecular flexibility index (Phi) is 3.34. The Bertz CT molecular complexity index is 736. The topological polar surface area (TPSA) is 68.5 Å². The fourth-order valence-corrected chi connectivity index (χ4v) is 2.40. The molecule has 1 amide bonds. The van der Waals surface area contributed by atoms with Crippen molar-refractivity contribution in [3.8, 4) is 5.88 Å². The minimum Gasteiger partial charge on any atom is -0.480 e. The van der Waals surface area contributed by atoms with Crippen LogP contribution >= 0.6 is 11.3 Å². The van der Waals surface area contributed by atoms with Gasteiger partial charge in [-0.15, -0.1) is 16.4 Å². The van der Waals surface area contributed by atoms with E-state index in [0.717, 1.165) is 4.88 Å². The Hall–Kier alpha value is -2.41. The van der Waals surface area contributed by atoms with Crippen molar-refractivity contribution in [2.75, 3.05) is 7.11 Å². The van der Waals surface area contributed by atoms with Crippen LogP contribution < -0.4 is 10.1 Å². The molecule has 0 saturated heterocycles. The molecule has 102 valence electrons. The predicted octanol–water partition coefficient (Wildman–Crippen LogP) is 1.73. The van der Waals surface area contributed by atoms with Gasteiger partial charge in [0.15, 0.2) is 5.65 Å². The Morgan fingerprint density at radius 2 is 2.35 bits per heavy atom. The minimum atomic E-state index is -0.220. The molecule has 0 unspecified atom stereocenters. The second-order valence-corrected chi connectivity index (χ2v) is 5.10. The molecule has 20 heavy (non-hydrogen) atoms. The number of hydrogen-bond donors (Lipinski definition) is 1. The first-order valence-electron chi connectivity index (χ1n) is 5.97. The van der Waals surface area contributed by atoms with Crippen LogP contribution in [0, 0.1) is 0 Å². The zero-order chi connectivity index (χ0) is 13.9. The average molecular weight is 288 g/mol. The summed E-state index contributed by atoms with van der Waals surface area (Å²) in [6, 6.07) is 7.38. The molecule has 3 rings (SSSR count). The lowest BCUT2D eigenvalue weighted by molar-refractivity contribution is 0.0947. The highest BCUT2D eigenvalue weighted by Gasteiger charge is 2.11. The van der Waals surface area contributed by atoms with Crippen molar-refractivity contribution < 1.29 is 9.53 Å². The number of fused-ring (bicyclic) bond motifs is 1. The van der Waals surface area contributed by atoms with Crippen molar-refractivity contribution in [2.24, 2.45) is 0 Å². The number of imidazole rings is 1. The summed E-state index contributed by atoms with van der Waals surface area (Å²) in [5.74, 6) is 0.253. The number of thiophene rings is 1. The summed E-state index contributed by atoms with van der Waals surface area (Å²) >= 11 is 1.60. The minimum absolute atomic E-state index is 0.220.